The maximum Gasteiger partial charge on any atom is 0.0351 e. The van der Waals surface area contributed by atoms with Gasteiger partial charge in [-0.15, -0.1) is 11.6 Å². The average molecular weight is 203 g/mol. The minimum absolute atomic E-state index is 0.784. The molecule has 3 heteroatoms. The van der Waals surface area contributed by atoms with E-state index in [9.17, 15) is 0 Å². The van der Waals surface area contributed by atoms with E-state index in [1.807, 2.05) is 0 Å². The van der Waals surface area contributed by atoms with Crippen LogP contribution in [0.4, 0.5) is 0 Å². The molecule has 2 saturated heterocycles. The van der Waals surface area contributed by atoms with E-state index < -0.39 is 0 Å². The highest BCUT2D eigenvalue weighted by Crippen LogP contribution is 2.20. The lowest BCUT2D eigenvalue weighted by molar-refractivity contribution is 0.227. The van der Waals surface area contributed by atoms with Gasteiger partial charge in [-0.2, -0.15) is 0 Å². The summed E-state index contributed by atoms with van der Waals surface area (Å²) >= 11 is 5.78. The van der Waals surface area contributed by atoms with Crippen molar-refractivity contribution in [2.24, 2.45) is 0 Å². The predicted molar refractivity (Wildman–Crippen MR) is 56.4 cm³/mol. The number of alkyl halides is 1. The molecule has 0 amide bonds. The third-order valence-corrected chi connectivity index (χ3v) is 3.46. The molecular weight excluding hydrogens is 184 g/mol. The molecule has 0 aromatic heterocycles. The second-order valence-electron chi connectivity index (χ2n) is 4.18. The lowest BCUT2D eigenvalue weighted by Crippen LogP contribution is -2.37. The SMILES string of the molecule is ClCCN1CCCN2CCCC2C1. The van der Waals surface area contributed by atoms with E-state index in [0.717, 1.165) is 18.5 Å². The van der Waals surface area contributed by atoms with Crippen molar-refractivity contribution >= 4 is 11.6 Å². The molecule has 0 N–H and O–H groups in total. The number of hydrogen-bond acceptors (Lipinski definition) is 2. The van der Waals surface area contributed by atoms with Crippen molar-refractivity contribution in [2.75, 3.05) is 38.6 Å². The minimum Gasteiger partial charge on any atom is -0.301 e. The lowest BCUT2D eigenvalue weighted by Gasteiger charge is -2.24. The summed E-state index contributed by atoms with van der Waals surface area (Å²) < 4.78 is 0. The molecule has 2 aliphatic rings. The van der Waals surface area contributed by atoms with Crippen LogP contribution in [0.15, 0.2) is 0 Å². The van der Waals surface area contributed by atoms with Crippen LogP contribution in [-0.2, 0) is 0 Å². The number of hydrogen-bond donors (Lipinski definition) is 0. The van der Waals surface area contributed by atoms with E-state index in [-0.39, 0.29) is 0 Å². The van der Waals surface area contributed by atoms with Crippen molar-refractivity contribution in [3.63, 3.8) is 0 Å². The molecule has 0 aromatic rings. The van der Waals surface area contributed by atoms with Crippen LogP contribution in [-0.4, -0.2) is 54.4 Å². The molecule has 1 atom stereocenters. The standard InChI is InChI=1S/C10H19ClN2/c11-4-8-12-5-2-7-13-6-1-3-10(13)9-12/h10H,1-9H2. The minimum atomic E-state index is 0.784. The first-order valence-electron chi connectivity index (χ1n) is 5.42. The summed E-state index contributed by atoms with van der Waals surface area (Å²) in [5, 5.41) is 0. The maximum atomic E-state index is 5.78. The normalized spacial score (nSPS) is 31.6. The van der Waals surface area contributed by atoms with Gasteiger partial charge in [-0.05, 0) is 38.9 Å². The van der Waals surface area contributed by atoms with Crippen LogP contribution in [0.2, 0.25) is 0 Å². The van der Waals surface area contributed by atoms with E-state index in [4.69, 9.17) is 11.6 Å². The average Bonchev–Trinajstić information content (AvgIpc) is 2.46. The number of rotatable bonds is 2. The Morgan fingerprint density at radius 2 is 2.00 bits per heavy atom. The summed E-state index contributed by atoms with van der Waals surface area (Å²) in [6, 6.07) is 0.839. The summed E-state index contributed by atoms with van der Waals surface area (Å²) in [4.78, 5) is 5.19. The van der Waals surface area contributed by atoms with Crippen molar-refractivity contribution in [2.45, 2.75) is 25.3 Å². The van der Waals surface area contributed by atoms with Gasteiger partial charge in [0.05, 0.1) is 0 Å². The zero-order valence-corrected chi connectivity index (χ0v) is 8.97. The maximum absolute atomic E-state index is 5.78. The quantitative estimate of drug-likeness (QED) is 0.625. The number of halogens is 1. The summed E-state index contributed by atoms with van der Waals surface area (Å²) in [6.45, 7) is 6.22. The second kappa shape index (κ2) is 4.63. The van der Waals surface area contributed by atoms with Crippen LogP contribution in [0, 0.1) is 0 Å². The summed E-state index contributed by atoms with van der Waals surface area (Å²) in [5.74, 6) is 0.784. The van der Waals surface area contributed by atoms with Gasteiger partial charge in [0.2, 0.25) is 0 Å². The molecule has 2 rings (SSSR count). The molecule has 13 heavy (non-hydrogen) atoms. The van der Waals surface area contributed by atoms with Crippen LogP contribution in [0.5, 0.6) is 0 Å². The van der Waals surface area contributed by atoms with Crippen molar-refractivity contribution in [1.82, 2.24) is 9.80 Å². The molecule has 0 aliphatic carbocycles. The second-order valence-corrected chi connectivity index (χ2v) is 4.55. The first-order chi connectivity index (χ1) is 6.40. The zero-order chi connectivity index (χ0) is 9.10. The third kappa shape index (κ3) is 2.36. The molecule has 0 radical (unpaired) electrons. The van der Waals surface area contributed by atoms with Gasteiger partial charge >= 0.3 is 0 Å². The van der Waals surface area contributed by atoms with Crippen LogP contribution in [0.25, 0.3) is 0 Å². The lowest BCUT2D eigenvalue weighted by atomic mass is 10.2. The Bertz CT molecular complexity index is 163. The van der Waals surface area contributed by atoms with Gasteiger partial charge in [0.1, 0.15) is 0 Å². The fourth-order valence-corrected chi connectivity index (χ4v) is 2.84. The molecule has 76 valence electrons. The monoisotopic (exact) mass is 202 g/mol. The highest BCUT2D eigenvalue weighted by atomic mass is 35.5. The summed E-state index contributed by atoms with van der Waals surface area (Å²) in [7, 11) is 0. The Hall–Kier alpha value is 0.210. The van der Waals surface area contributed by atoms with E-state index in [1.165, 1.54) is 45.4 Å². The fourth-order valence-electron chi connectivity index (χ4n) is 2.61. The van der Waals surface area contributed by atoms with E-state index in [2.05, 4.69) is 9.80 Å². The summed E-state index contributed by atoms with van der Waals surface area (Å²) in [5.41, 5.74) is 0. The first kappa shape index (κ1) is 9.75. The fraction of sp³-hybridized carbons (Fsp3) is 1.00. The van der Waals surface area contributed by atoms with Crippen LogP contribution in [0.3, 0.4) is 0 Å². The van der Waals surface area contributed by atoms with Gasteiger partial charge in [-0.25, -0.2) is 0 Å². The Labute approximate surface area is 85.8 Å². The predicted octanol–water partition coefficient (Wildman–Crippen LogP) is 1.40. The topological polar surface area (TPSA) is 6.48 Å². The van der Waals surface area contributed by atoms with Crippen molar-refractivity contribution < 1.29 is 0 Å². The third-order valence-electron chi connectivity index (χ3n) is 3.29. The molecule has 0 saturated carbocycles. The molecule has 0 spiro atoms. The number of fused-ring (bicyclic) bond motifs is 1. The molecular formula is C10H19ClN2. The van der Waals surface area contributed by atoms with Crippen molar-refractivity contribution in [1.29, 1.82) is 0 Å². The molecule has 2 aliphatic heterocycles. The van der Waals surface area contributed by atoms with Crippen LogP contribution in [0.1, 0.15) is 19.3 Å². The van der Waals surface area contributed by atoms with Gasteiger partial charge < -0.3 is 4.90 Å². The Morgan fingerprint density at radius 1 is 1.15 bits per heavy atom. The smallest absolute Gasteiger partial charge is 0.0351 e. The molecule has 2 heterocycles. The number of nitrogens with zero attached hydrogens (tertiary/aromatic N) is 2. The molecule has 1 unspecified atom stereocenters. The van der Waals surface area contributed by atoms with Crippen molar-refractivity contribution in [3.05, 3.63) is 0 Å². The van der Waals surface area contributed by atoms with Gasteiger partial charge in [-0.3, -0.25) is 4.90 Å². The van der Waals surface area contributed by atoms with Gasteiger partial charge in [-0.1, -0.05) is 0 Å². The zero-order valence-electron chi connectivity index (χ0n) is 8.21. The van der Waals surface area contributed by atoms with Gasteiger partial charge in [0, 0.05) is 25.0 Å². The largest absolute Gasteiger partial charge is 0.301 e. The van der Waals surface area contributed by atoms with Crippen LogP contribution >= 0.6 is 11.6 Å². The van der Waals surface area contributed by atoms with E-state index in [1.54, 1.807) is 0 Å². The van der Waals surface area contributed by atoms with Gasteiger partial charge in [0.25, 0.3) is 0 Å². The Balaban J connectivity index is 1.89. The molecule has 2 fully saturated rings. The molecule has 0 aromatic carbocycles. The molecule has 2 nitrogen and oxygen atoms in total. The van der Waals surface area contributed by atoms with Crippen LogP contribution < -0.4 is 0 Å². The highest BCUT2D eigenvalue weighted by molar-refractivity contribution is 6.18. The molecule has 0 bridgehead atoms. The Morgan fingerprint density at radius 3 is 2.85 bits per heavy atom. The van der Waals surface area contributed by atoms with Gasteiger partial charge in [0.15, 0.2) is 0 Å². The summed E-state index contributed by atoms with van der Waals surface area (Å²) in [6.07, 6.45) is 4.13. The van der Waals surface area contributed by atoms with E-state index >= 15 is 0 Å². The first-order valence-corrected chi connectivity index (χ1v) is 5.96. The van der Waals surface area contributed by atoms with Crippen molar-refractivity contribution in [3.8, 4) is 0 Å². The highest BCUT2D eigenvalue weighted by Gasteiger charge is 2.28. The van der Waals surface area contributed by atoms with E-state index in [0.29, 0.717) is 0 Å². The Kier molecular flexibility index (Phi) is 3.47.